The van der Waals surface area contributed by atoms with Crippen molar-refractivity contribution >= 4 is 11.8 Å². The first-order valence-corrected chi connectivity index (χ1v) is 6.25. The minimum absolute atomic E-state index is 0.0685. The number of aromatic hydroxyl groups is 1. The minimum Gasteiger partial charge on any atom is -0.508 e. The number of amides is 1. The zero-order valence-electron chi connectivity index (χ0n) is 11.9. The van der Waals surface area contributed by atoms with Gasteiger partial charge in [0.25, 0.3) is 0 Å². The Bertz CT molecular complexity index is 450. The highest BCUT2D eigenvalue weighted by molar-refractivity contribution is 5.86. The quantitative estimate of drug-likeness (QED) is 0.734. The summed E-state index contributed by atoms with van der Waals surface area (Å²) >= 11 is 0. The number of nitrogens with one attached hydrogen (secondary N) is 1. The molecule has 0 radical (unpaired) electrons. The van der Waals surface area contributed by atoms with Gasteiger partial charge in [-0.1, -0.05) is 0 Å². The molecule has 0 heterocycles. The molecule has 0 fully saturated rings. The number of rotatable bonds is 3. The van der Waals surface area contributed by atoms with Crippen LogP contribution in [0, 0.1) is 0 Å². The number of carbonyl (C=O) groups is 1. The Labute approximate surface area is 113 Å². The molecule has 1 rings (SSSR count). The summed E-state index contributed by atoms with van der Waals surface area (Å²) in [7, 11) is 0. The fourth-order valence-corrected chi connectivity index (χ4v) is 1.63. The molecule has 1 aromatic carbocycles. The van der Waals surface area contributed by atoms with Crippen LogP contribution in [0.15, 0.2) is 18.2 Å². The topological polar surface area (TPSA) is 84.6 Å². The molecule has 5 heteroatoms. The van der Waals surface area contributed by atoms with Crippen molar-refractivity contribution in [3.63, 3.8) is 0 Å². The van der Waals surface area contributed by atoms with Gasteiger partial charge < -0.3 is 15.6 Å². The summed E-state index contributed by atoms with van der Waals surface area (Å²) in [6.45, 7) is 7.26. The van der Waals surface area contributed by atoms with Crippen molar-refractivity contribution in [1.29, 1.82) is 0 Å². The number of ether oxygens (including phenoxy) is 1. The van der Waals surface area contributed by atoms with Gasteiger partial charge in [-0.05, 0) is 57.9 Å². The number of hydrogen-bond acceptors (Lipinski definition) is 4. The van der Waals surface area contributed by atoms with Gasteiger partial charge >= 0.3 is 6.09 Å². The van der Waals surface area contributed by atoms with E-state index in [1.165, 1.54) is 6.07 Å². The molecule has 0 saturated heterocycles. The molecule has 106 valence electrons. The monoisotopic (exact) mass is 266 g/mol. The first-order valence-electron chi connectivity index (χ1n) is 6.25. The van der Waals surface area contributed by atoms with E-state index in [2.05, 4.69) is 5.32 Å². The average Bonchev–Trinajstić information content (AvgIpc) is 2.18. The fourth-order valence-electron chi connectivity index (χ4n) is 1.63. The molecule has 4 N–H and O–H groups in total. The lowest BCUT2D eigenvalue weighted by molar-refractivity contribution is 0.0635. The second-order valence-corrected chi connectivity index (χ2v) is 5.65. The van der Waals surface area contributed by atoms with E-state index in [9.17, 15) is 9.90 Å². The van der Waals surface area contributed by atoms with E-state index in [0.29, 0.717) is 12.1 Å². The van der Waals surface area contributed by atoms with E-state index >= 15 is 0 Å². The van der Waals surface area contributed by atoms with Crippen molar-refractivity contribution in [2.75, 3.05) is 5.32 Å². The van der Waals surface area contributed by atoms with E-state index in [4.69, 9.17) is 10.5 Å². The number of anilines is 1. The van der Waals surface area contributed by atoms with Crippen LogP contribution in [-0.2, 0) is 11.2 Å². The fraction of sp³-hybridized carbons (Fsp3) is 0.500. The molecule has 1 atom stereocenters. The minimum atomic E-state index is -0.553. The van der Waals surface area contributed by atoms with Crippen LogP contribution in [0.25, 0.3) is 0 Å². The summed E-state index contributed by atoms with van der Waals surface area (Å²) in [6.07, 6.45) is 0.0311. The summed E-state index contributed by atoms with van der Waals surface area (Å²) in [5.41, 5.74) is 6.58. The van der Waals surface area contributed by atoms with E-state index in [1.54, 1.807) is 32.9 Å². The third kappa shape index (κ3) is 5.61. The first kappa shape index (κ1) is 15.3. The van der Waals surface area contributed by atoms with Gasteiger partial charge in [0.2, 0.25) is 0 Å². The standard InChI is InChI=1S/C14H22N2O3/c1-9(15)7-10-8-11(17)5-6-12(10)16-13(18)19-14(2,3)4/h5-6,8-9,17H,7,15H2,1-4H3,(H,16,18)/t9-/m0/s1. The van der Waals surface area contributed by atoms with Crippen LogP contribution in [0.1, 0.15) is 33.3 Å². The van der Waals surface area contributed by atoms with Crippen molar-refractivity contribution in [2.45, 2.75) is 45.8 Å². The maximum absolute atomic E-state index is 11.7. The van der Waals surface area contributed by atoms with Gasteiger partial charge in [-0.15, -0.1) is 0 Å². The van der Waals surface area contributed by atoms with E-state index < -0.39 is 11.7 Å². The Kier molecular flexibility index (Phi) is 4.78. The van der Waals surface area contributed by atoms with Crippen LogP contribution >= 0.6 is 0 Å². The van der Waals surface area contributed by atoms with Crippen molar-refractivity contribution in [3.8, 4) is 5.75 Å². The molecular weight excluding hydrogens is 244 g/mol. The molecule has 0 aliphatic heterocycles. The highest BCUT2D eigenvalue weighted by Crippen LogP contribution is 2.23. The number of phenolic OH excluding ortho intramolecular Hbond substituents is 1. The van der Waals surface area contributed by atoms with Gasteiger partial charge in [-0.3, -0.25) is 5.32 Å². The molecule has 5 nitrogen and oxygen atoms in total. The molecule has 0 spiro atoms. The smallest absolute Gasteiger partial charge is 0.412 e. The second-order valence-electron chi connectivity index (χ2n) is 5.65. The second kappa shape index (κ2) is 5.93. The third-order valence-electron chi connectivity index (χ3n) is 2.27. The molecule has 0 unspecified atom stereocenters. The Hall–Kier alpha value is -1.75. The molecular formula is C14H22N2O3. The van der Waals surface area contributed by atoms with Gasteiger partial charge in [0.15, 0.2) is 0 Å². The van der Waals surface area contributed by atoms with Gasteiger partial charge in [0, 0.05) is 11.7 Å². The first-order chi connectivity index (χ1) is 8.67. The lowest BCUT2D eigenvalue weighted by atomic mass is 10.1. The molecule has 0 aliphatic carbocycles. The SMILES string of the molecule is C[C@H](N)Cc1cc(O)ccc1NC(=O)OC(C)(C)C. The van der Waals surface area contributed by atoms with Crippen molar-refractivity contribution in [2.24, 2.45) is 5.73 Å². The summed E-state index contributed by atoms with van der Waals surface area (Å²) < 4.78 is 5.19. The Balaban J connectivity index is 2.85. The third-order valence-corrected chi connectivity index (χ3v) is 2.27. The highest BCUT2D eigenvalue weighted by atomic mass is 16.6. The lowest BCUT2D eigenvalue weighted by Crippen LogP contribution is -2.28. The highest BCUT2D eigenvalue weighted by Gasteiger charge is 2.17. The summed E-state index contributed by atoms with van der Waals surface area (Å²) in [5.74, 6) is 0.144. The van der Waals surface area contributed by atoms with Crippen molar-refractivity contribution in [1.82, 2.24) is 0 Å². The van der Waals surface area contributed by atoms with Crippen LogP contribution in [-0.4, -0.2) is 22.8 Å². The summed E-state index contributed by atoms with van der Waals surface area (Å²) in [4.78, 5) is 11.7. The number of carbonyl (C=O) groups excluding carboxylic acids is 1. The maximum Gasteiger partial charge on any atom is 0.412 e. The molecule has 0 aliphatic rings. The van der Waals surface area contributed by atoms with Crippen molar-refractivity contribution < 1.29 is 14.6 Å². The number of hydrogen-bond donors (Lipinski definition) is 3. The molecule has 0 bridgehead atoms. The Morgan fingerprint density at radius 2 is 2.11 bits per heavy atom. The summed E-state index contributed by atoms with van der Waals surface area (Å²) in [5, 5.41) is 12.2. The van der Waals surface area contributed by atoms with Gasteiger partial charge in [0.1, 0.15) is 11.4 Å². The van der Waals surface area contributed by atoms with Gasteiger partial charge in [-0.2, -0.15) is 0 Å². The lowest BCUT2D eigenvalue weighted by Gasteiger charge is -2.20. The summed E-state index contributed by atoms with van der Waals surface area (Å²) in [6, 6.07) is 4.67. The molecule has 1 aromatic rings. The van der Waals surface area contributed by atoms with E-state index in [0.717, 1.165) is 5.56 Å². The van der Waals surface area contributed by atoms with Crippen LogP contribution in [0.3, 0.4) is 0 Å². The number of phenols is 1. The largest absolute Gasteiger partial charge is 0.508 e. The van der Waals surface area contributed by atoms with E-state index in [-0.39, 0.29) is 11.8 Å². The zero-order valence-corrected chi connectivity index (χ0v) is 11.9. The Morgan fingerprint density at radius 3 is 2.63 bits per heavy atom. The van der Waals surface area contributed by atoms with Crippen LogP contribution < -0.4 is 11.1 Å². The van der Waals surface area contributed by atoms with Gasteiger partial charge in [0.05, 0.1) is 0 Å². The Morgan fingerprint density at radius 1 is 1.47 bits per heavy atom. The normalized spacial score (nSPS) is 12.9. The van der Waals surface area contributed by atoms with Crippen LogP contribution in [0.4, 0.5) is 10.5 Å². The molecule has 19 heavy (non-hydrogen) atoms. The molecule has 0 saturated carbocycles. The molecule has 0 aromatic heterocycles. The van der Waals surface area contributed by atoms with Gasteiger partial charge in [-0.25, -0.2) is 4.79 Å². The molecule has 1 amide bonds. The number of nitrogens with two attached hydrogens (primary N) is 1. The maximum atomic E-state index is 11.7. The number of benzene rings is 1. The van der Waals surface area contributed by atoms with Crippen molar-refractivity contribution in [3.05, 3.63) is 23.8 Å². The zero-order chi connectivity index (χ0) is 14.6. The van der Waals surface area contributed by atoms with Crippen LogP contribution in [0.5, 0.6) is 5.75 Å². The average molecular weight is 266 g/mol. The van der Waals surface area contributed by atoms with E-state index in [1.807, 2.05) is 6.92 Å². The predicted molar refractivity (Wildman–Crippen MR) is 75.3 cm³/mol. The predicted octanol–water partition coefficient (Wildman–Crippen LogP) is 2.63. The van der Waals surface area contributed by atoms with Crippen LogP contribution in [0.2, 0.25) is 0 Å².